The highest BCUT2D eigenvalue weighted by atomic mass is 35.5. The van der Waals surface area contributed by atoms with Crippen LogP contribution >= 0.6 is 22.9 Å². The Morgan fingerprint density at radius 1 is 1.35 bits per heavy atom. The monoisotopic (exact) mass is 346 g/mol. The molecule has 0 spiro atoms. The van der Waals surface area contributed by atoms with E-state index in [0.717, 1.165) is 10.2 Å². The van der Waals surface area contributed by atoms with E-state index in [1.54, 1.807) is 12.1 Å². The molecule has 0 radical (unpaired) electrons. The maximum Gasteiger partial charge on any atom is 0.279 e. The number of amides is 1. The van der Waals surface area contributed by atoms with Crippen molar-refractivity contribution in [2.75, 3.05) is 0 Å². The molecule has 2 aromatic carbocycles. The van der Waals surface area contributed by atoms with Crippen LogP contribution in [0.25, 0.3) is 10.2 Å². The minimum Gasteiger partial charge on any atom is -0.311 e. The third kappa shape index (κ3) is 3.11. The van der Waals surface area contributed by atoms with Crippen LogP contribution in [0.3, 0.4) is 0 Å². The van der Waals surface area contributed by atoms with E-state index in [1.807, 2.05) is 16.7 Å². The number of hydrogen-bond donors (Lipinski definition) is 0. The quantitative estimate of drug-likeness (QED) is 0.646. The molecule has 0 aliphatic carbocycles. The molecule has 0 atom stereocenters. The van der Waals surface area contributed by atoms with Gasteiger partial charge in [-0.15, -0.1) is 6.58 Å². The third-order valence-corrected chi connectivity index (χ3v) is 4.58. The summed E-state index contributed by atoms with van der Waals surface area (Å²) in [5.41, 5.74) is 1.02. The van der Waals surface area contributed by atoms with E-state index in [2.05, 4.69) is 11.6 Å². The molecule has 3 nitrogen and oxygen atoms in total. The summed E-state index contributed by atoms with van der Waals surface area (Å²) in [5, 5.41) is 0.584. The van der Waals surface area contributed by atoms with Gasteiger partial charge in [0.2, 0.25) is 0 Å². The molecule has 1 heterocycles. The van der Waals surface area contributed by atoms with Crippen LogP contribution in [0.2, 0.25) is 5.02 Å². The lowest BCUT2D eigenvalue weighted by Crippen LogP contribution is -2.16. The van der Waals surface area contributed by atoms with Gasteiger partial charge in [-0.05, 0) is 30.3 Å². The van der Waals surface area contributed by atoms with Crippen molar-refractivity contribution in [1.82, 2.24) is 4.57 Å². The minimum atomic E-state index is -0.495. The average molecular weight is 347 g/mol. The Morgan fingerprint density at radius 2 is 2.13 bits per heavy atom. The molecule has 0 bridgehead atoms. The van der Waals surface area contributed by atoms with Crippen molar-refractivity contribution in [2.45, 2.75) is 6.54 Å². The molecule has 0 aliphatic rings. The molecule has 0 unspecified atom stereocenters. The number of hydrogen-bond acceptors (Lipinski definition) is 2. The largest absolute Gasteiger partial charge is 0.311 e. The van der Waals surface area contributed by atoms with Gasteiger partial charge in [-0.1, -0.05) is 41.1 Å². The zero-order valence-electron chi connectivity index (χ0n) is 12.0. The fraction of sp³-hybridized carbons (Fsp3) is 0.0588. The Labute approximate surface area is 141 Å². The normalized spacial score (nSPS) is 11.8. The Balaban J connectivity index is 2.18. The molecule has 3 rings (SSSR count). The van der Waals surface area contributed by atoms with E-state index in [-0.39, 0.29) is 5.56 Å². The van der Waals surface area contributed by atoms with Crippen LogP contribution in [0.15, 0.2) is 60.1 Å². The molecular weight excluding hydrogens is 335 g/mol. The van der Waals surface area contributed by atoms with Gasteiger partial charge >= 0.3 is 0 Å². The number of halogens is 2. The van der Waals surface area contributed by atoms with Crippen LogP contribution in [-0.4, -0.2) is 10.5 Å². The first-order valence-corrected chi connectivity index (χ1v) is 8.03. The average Bonchev–Trinajstić information content (AvgIpc) is 2.86. The van der Waals surface area contributed by atoms with Gasteiger partial charge < -0.3 is 4.57 Å². The second-order valence-corrected chi connectivity index (χ2v) is 6.21. The summed E-state index contributed by atoms with van der Waals surface area (Å²) >= 11 is 7.62. The van der Waals surface area contributed by atoms with E-state index in [0.29, 0.717) is 16.4 Å². The lowest BCUT2D eigenvalue weighted by Gasteiger charge is -2.02. The topological polar surface area (TPSA) is 34.4 Å². The van der Waals surface area contributed by atoms with Crippen LogP contribution in [-0.2, 0) is 6.54 Å². The first-order valence-electron chi connectivity index (χ1n) is 6.83. The number of nitrogens with zero attached hydrogens (tertiary/aromatic N) is 2. The summed E-state index contributed by atoms with van der Waals surface area (Å²) in [6, 6.07) is 11.0. The third-order valence-electron chi connectivity index (χ3n) is 3.23. The van der Waals surface area contributed by atoms with Gasteiger partial charge in [0.05, 0.1) is 15.2 Å². The molecule has 0 saturated heterocycles. The number of para-hydroxylation sites is 1. The fourth-order valence-electron chi connectivity index (χ4n) is 2.24. The molecule has 23 heavy (non-hydrogen) atoms. The van der Waals surface area contributed by atoms with E-state index < -0.39 is 11.7 Å². The van der Waals surface area contributed by atoms with Crippen molar-refractivity contribution < 1.29 is 9.18 Å². The number of carbonyl (C=O) groups is 1. The zero-order valence-corrected chi connectivity index (χ0v) is 13.6. The van der Waals surface area contributed by atoms with Gasteiger partial charge in [0, 0.05) is 12.1 Å². The van der Waals surface area contributed by atoms with Crippen molar-refractivity contribution >= 4 is 39.1 Å². The van der Waals surface area contributed by atoms with Crippen LogP contribution < -0.4 is 4.80 Å². The molecule has 0 fully saturated rings. The molecule has 6 heteroatoms. The summed E-state index contributed by atoms with van der Waals surface area (Å²) in [7, 11) is 0. The van der Waals surface area contributed by atoms with E-state index in [4.69, 9.17) is 11.6 Å². The number of allylic oxidation sites excluding steroid dienone is 1. The zero-order chi connectivity index (χ0) is 16.4. The number of benzene rings is 2. The molecular formula is C17H12ClFN2OS. The summed E-state index contributed by atoms with van der Waals surface area (Å²) < 4.78 is 16.0. The van der Waals surface area contributed by atoms with Gasteiger partial charge in [0.25, 0.3) is 5.91 Å². The van der Waals surface area contributed by atoms with Crippen LogP contribution in [0.4, 0.5) is 4.39 Å². The molecule has 0 saturated carbocycles. The Bertz CT molecular complexity index is 974. The summed E-state index contributed by atoms with van der Waals surface area (Å²) in [5.74, 6) is -0.964. The predicted octanol–water partition coefficient (Wildman–Crippen LogP) is 4.42. The maximum absolute atomic E-state index is 13.3. The Kier molecular flexibility index (Phi) is 4.41. The van der Waals surface area contributed by atoms with Crippen molar-refractivity contribution in [1.29, 1.82) is 0 Å². The molecule has 1 amide bonds. The van der Waals surface area contributed by atoms with Gasteiger partial charge in [-0.2, -0.15) is 4.99 Å². The molecule has 1 aromatic heterocycles. The highest BCUT2D eigenvalue weighted by molar-refractivity contribution is 7.16. The Morgan fingerprint density at radius 3 is 2.87 bits per heavy atom. The summed E-state index contributed by atoms with van der Waals surface area (Å²) in [4.78, 5) is 16.9. The van der Waals surface area contributed by atoms with Crippen molar-refractivity contribution in [3.05, 3.63) is 76.3 Å². The first kappa shape index (κ1) is 15.6. The number of aromatic nitrogens is 1. The van der Waals surface area contributed by atoms with Crippen molar-refractivity contribution in [3.63, 3.8) is 0 Å². The second-order valence-electron chi connectivity index (χ2n) is 4.80. The number of thiazole rings is 1. The predicted molar refractivity (Wildman–Crippen MR) is 91.3 cm³/mol. The van der Waals surface area contributed by atoms with Gasteiger partial charge in [-0.25, -0.2) is 4.39 Å². The van der Waals surface area contributed by atoms with Crippen LogP contribution in [0, 0.1) is 5.82 Å². The fourth-order valence-corrected chi connectivity index (χ4v) is 3.64. The molecule has 3 aromatic rings. The number of carbonyl (C=O) groups excluding carboxylic acids is 1. The maximum atomic E-state index is 13.3. The highest BCUT2D eigenvalue weighted by Gasteiger charge is 2.11. The van der Waals surface area contributed by atoms with Crippen molar-refractivity contribution in [2.24, 2.45) is 4.99 Å². The van der Waals surface area contributed by atoms with E-state index in [9.17, 15) is 9.18 Å². The minimum absolute atomic E-state index is 0.207. The second kappa shape index (κ2) is 6.48. The highest BCUT2D eigenvalue weighted by Crippen LogP contribution is 2.25. The summed E-state index contributed by atoms with van der Waals surface area (Å²) in [6.07, 6.45) is 1.71. The molecule has 0 aliphatic heterocycles. The van der Waals surface area contributed by atoms with Gasteiger partial charge in [0.1, 0.15) is 5.82 Å². The van der Waals surface area contributed by atoms with Crippen LogP contribution in [0.5, 0.6) is 0 Å². The van der Waals surface area contributed by atoms with E-state index in [1.165, 1.54) is 35.6 Å². The lowest BCUT2D eigenvalue weighted by molar-refractivity contribution is 0.0997. The van der Waals surface area contributed by atoms with Gasteiger partial charge in [-0.3, -0.25) is 4.79 Å². The van der Waals surface area contributed by atoms with Crippen molar-refractivity contribution in [3.8, 4) is 0 Å². The Hall–Kier alpha value is -2.24. The first-order chi connectivity index (χ1) is 11.1. The standard InChI is InChI=1S/C17H12ClFN2OS/c1-2-9-21-15-13(18)7-4-8-14(15)23-17(21)20-16(22)11-5-3-6-12(19)10-11/h2-8,10H,1,9H2. The smallest absolute Gasteiger partial charge is 0.279 e. The SMILES string of the molecule is C=CCn1c(=NC(=O)c2cccc(F)c2)sc2cccc(Cl)c21. The number of rotatable bonds is 3. The van der Waals surface area contributed by atoms with Gasteiger partial charge in [0.15, 0.2) is 4.80 Å². The number of fused-ring (bicyclic) bond motifs is 1. The van der Waals surface area contributed by atoms with E-state index >= 15 is 0 Å². The summed E-state index contributed by atoms with van der Waals surface area (Å²) in [6.45, 7) is 4.20. The molecule has 0 N–H and O–H groups in total. The van der Waals surface area contributed by atoms with Crippen LogP contribution in [0.1, 0.15) is 10.4 Å². The lowest BCUT2D eigenvalue weighted by atomic mass is 10.2. The molecule has 116 valence electrons.